The summed E-state index contributed by atoms with van der Waals surface area (Å²) in [5.74, 6) is 1.55. The van der Waals surface area contributed by atoms with Gasteiger partial charge in [-0.05, 0) is 47.5 Å². The first-order valence-corrected chi connectivity index (χ1v) is 8.65. The van der Waals surface area contributed by atoms with Gasteiger partial charge in [-0.2, -0.15) is 5.26 Å². The molecule has 0 atom stereocenters. The Hall–Kier alpha value is -4.11. The quantitative estimate of drug-likeness (QED) is 0.530. The van der Waals surface area contributed by atoms with Gasteiger partial charge in [0.1, 0.15) is 29.4 Å². The van der Waals surface area contributed by atoms with Gasteiger partial charge in [0.05, 0.1) is 14.2 Å². The monoisotopic (exact) mass is 388 g/mol. The maximum absolute atomic E-state index is 11.5. The molecule has 0 saturated carbocycles. The molecule has 2 aromatic carbocycles. The molecule has 6 nitrogen and oxygen atoms in total. The molecule has 0 saturated heterocycles. The van der Waals surface area contributed by atoms with Gasteiger partial charge in [-0.3, -0.25) is 9.59 Å². The van der Waals surface area contributed by atoms with Crippen LogP contribution < -0.4 is 15.0 Å². The Labute approximate surface area is 168 Å². The zero-order valence-electron chi connectivity index (χ0n) is 16.1. The summed E-state index contributed by atoms with van der Waals surface area (Å²) in [6, 6.07) is 18.3. The second-order valence-corrected chi connectivity index (χ2v) is 5.70. The van der Waals surface area contributed by atoms with Crippen molar-refractivity contribution in [2.45, 2.75) is 0 Å². The van der Waals surface area contributed by atoms with Crippen LogP contribution in [0.25, 0.3) is 17.2 Å². The van der Waals surface area contributed by atoms with Crippen molar-refractivity contribution in [2.75, 3.05) is 14.2 Å². The van der Waals surface area contributed by atoms with Crippen molar-refractivity contribution >= 4 is 12.4 Å². The van der Waals surface area contributed by atoms with Crippen LogP contribution in [0.5, 0.6) is 11.5 Å². The topological polar surface area (TPSA) is 92.2 Å². The van der Waals surface area contributed by atoms with Gasteiger partial charge in [-0.1, -0.05) is 30.3 Å². The molecule has 146 valence electrons. The Morgan fingerprint density at radius 1 is 0.931 bits per heavy atom. The normalized spacial score (nSPS) is 9.83. The van der Waals surface area contributed by atoms with Gasteiger partial charge in [0.2, 0.25) is 0 Å². The fraction of sp³-hybridized carbons (Fsp3) is 0.0870. The molecule has 29 heavy (non-hydrogen) atoms. The van der Waals surface area contributed by atoms with Crippen LogP contribution in [0, 0.1) is 11.3 Å². The highest BCUT2D eigenvalue weighted by Crippen LogP contribution is 2.23. The van der Waals surface area contributed by atoms with Crippen molar-refractivity contribution < 1.29 is 14.3 Å². The molecule has 0 spiro atoms. The molecule has 6 heteroatoms. The number of benzene rings is 2. The fourth-order valence-electron chi connectivity index (χ4n) is 2.47. The van der Waals surface area contributed by atoms with Gasteiger partial charge in [0, 0.05) is 11.8 Å². The number of pyridine rings is 1. The molecule has 0 bridgehead atoms. The number of H-pyrrole nitrogens is 1. The van der Waals surface area contributed by atoms with E-state index in [1.54, 1.807) is 38.5 Å². The zero-order valence-corrected chi connectivity index (χ0v) is 16.1. The van der Waals surface area contributed by atoms with Crippen LogP contribution in [0.1, 0.15) is 11.1 Å². The van der Waals surface area contributed by atoms with E-state index < -0.39 is 0 Å². The number of aromatic amines is 1. The number of aromatic nitrogens is 1. The third-order valence-electron chi connectivity index (χ3n) is 3.96. The van der Waals surface area contributed by atoms with Gasteiger partial charge >= 0.3 is 0 Å². The van der Waals surface area contributed by atoms with Crippen molar-refractivity contribution in [3.05, 3.63) is 88.4 Å². The Morgan fingerprint density at radius 2 is 1.52 bits per heavy atom. The second kappa shape index (κ2) is 10.9. The number of carbonyl (C=O) groups is 1. The molecular formula is C23H20N2O4. The van der Waals surface area contributed by atoms with Crippen LogP contribution in [-0.4, -0.2) is 25.5 Å². The van der Waals surface area contributed by atoms with Crippen LogP contribution >= 0.6 is 0 Å². The lowest BCUT2D eigenvalue weighted by molar-refractivity contribution is -0.104. The minimum absolute atomic E-state index is 0.123. The lowest BCUT2D eigenvalue weighted by Gasteiger charge is -2.04. The molecule has 0 radical (unpaired) electrons. The Kier molecular flexibility index (Phi) is 7.96. The summed E-state index contributed by atoms with van der Waals surface area (Å²) >= 11 is 0. The first-order valence-electron chi connectivity index (χ1n) is 8.65. The summed E-state index contributed by atoms with van der Waals surface area (Å²) in [6.07, 6.45) is 5.49. The van der Waals surface area contributed by atoms with Crippen LogP contribution in [0.15, 0.2) is 71.7 Å². The van der Waals surface area contributed by atoms with Gasteiger partial charge in [-0.25, -0.2) is 0 Å². The minimum atomic E-state index is -0.374. The number of hydrogen-bond acceptors (Lipinski definition) is 5. The van der Waals surface area contributed by atoms with E-state index in [0.29, 0.717) is 5.56 Å². The van der Waals surface area contributed by atoms with Gasteiger partial charge in [-0.15, -0.1) is 0 Å². The zero-order chi connectivity index (χ0) is 21.1. The second-order valence-electron chi connectivity index (χ2n) is 5.70. The van der Waals surface area contributed by atoms with Crippen molar-refractivity contribution in [1.82, 2.24) is 4.98 Å². The Morgan fingerprint density at radius 3 is 2.03 bits per heavy atom. The summed E-state index contributed by atoms with van der Waals surface area (Å²) in [5.41, 5.74) is 2.17. The van der Waals surface area contributed by atoms with Crippen molar-refractivity contribution in [2.24, 2.45) is 0 Å². The first kappa shape index (κ1) is 21.2. The fourth-order valence-corrected chi connectivity index (χ4v) is 2.47. The third kappa shape index (κ3) is 5.94. The maximum atomic E-state index is 11.5. The highest BCUT2D eigenvalue weighted by molar-refractivity contribution is 5.73. The van der Waals surface area contributed by atoms with E-state index >= 15 is 0 Å². The van der Waals surface area contributed by atoms with E-state index in [9.17, 15) is 9.59 Å². The SMILES string of the molecule is COc1ccc(-c2cc[nH]c(=O)c2C#N)cc1.COc1ccc(/C=C/C=O)cc1. The molecule has 0 aliphatic carbocycles. The molecule has 1 aromatic heterocycles. The lowest BCUT2D eigenvalue weighted by atomic mass is 10.0. The van der Waals surface area contributed by atoms with Gasteiger partial charge in [0.15, 0.2) is 0 Å². The number of methoxy groups -OCH3 is 2. The summed E-state index contributed by atoms with van der Waals surface area (Å²) in [7, 11) is 3.21. The molecule has 0 unspecified atom stereocenters. The molecule has 1 heterocycles. The number of rotatable bonds is 5. The largest absolute Gasteiger partial charge is 0.497 e. The molecule has 3 aromatic rings. The average molecular weight is 388 g/mol. The first-order chi connectivity index (χ1) is 14.1. The number of ether oxygens (including phenoxy) is 2. The molecule has 1 N–H and O–H groups in total. The van der Waals surface area contributed by atoms with E-state index in [0.717, 1.165) is 28.9 Å². The number of nitrogens with one attached hydrogen (secondary N) is 1. The number of aldehydes is 1. The van der Waals surface area contributed by atoms with Crippen LogP contribution in [0.4, 0.5) is 0 Å². The Balaban J connectivity index is 0.000000221. The number of allylic oxidation sites excluding steroid dienone is 1. The minimum Gasteiger partial charge on any atom is -0.497 e. The van der Waals surface area contributed by atoms with Crippen LogP contribution in [0.3, 0.4) is 0 Å². The summed E-state index contributed by atoms with van der Waals surface area (Å²) < 4.78 is 10.0. The summed E-state index contributed by atoms with van der Waals surface area (Å²) in [4.78, 5) is 23.9. The van der Waals surface area contributed by atoms with Crippen LogP contribution in [0.2, 0.25) is 0 Å². The molecule has 0 fully saturated rings. The van der Waals surface area contributed by atoms with E-state index in [-0.39, 0.29) is 11.1 Å². The number of hydrogen-bond donors (Lipinski definition) is 1. The van der Waals surface area contributed by atoms with Gasteiger partial charge < -0.3 is 14.5 Å². The van der Waals surface area contributed by atoms with E-state index in [2.05, 4.69) is 4.98 Å². The van der Waals surface area contributed by atoms with Crippen LogP contribution in [-0.2, 0) is 4.79 Å². The number of nitrogens with zero attached hydrogens (tertiary/aromatic N) is 1. The van der Waals surface area contributed by atoms with E-state index in [1.165, 1.54) is 12.3 Å². The van der Waals surface area contributed by atoms with Gasteiger partial charge in [0.25, 0.3) is 5.56 Å². The molecular weight excluding hydrogens is 368 g/mol. The maximum Gasteiger partial charge on any atom is 0.266 e. The van der Waals surface area contributed by atoms with E-state index in [1.807, 2.05) is 42.5 Å². The highest BCUT2D eigenvalue weighted by atomic mass is 16.5. The van der Waals surface area contributed by atoms with Crippen molar-refractivity contribution in [3.63, 3.8) is 0 Å². The van der Waals surface area contributed by atoms with E-state index in [4.69, 9.17) is 14.7 Å². The Bertz CT molecular complexity index is 1060. The molecule has 0 aliphatic rings. The smallest absolute Gasteiger partial charge is 0.266 e. The van der Waals surface area contributed by atoms with Crippen molar-refractivity contribution in [3.8, 4) is 28.7 Å². The lowest BCUT2D eigenvalue weighted by Crippen LogP contribution is -2.10. The highest BCUT2D eigenvalue weighted by Gasteiger charge is 2.08. The molecule has 0 amide bonds. The third-order valence-corrected chi connectivity index (χ3v) is 3.96. The average Bonchev–Trinajstić information content (AvgIpc) is 2.78. The summed E-state index contributed by atoms with van der Waals surface area (Å²) in [5, 5.41) is 8.97. The number of nitriles is 1. The standard InChI is InChI=1S/C13H10N2O2.C10H10O2/c1-17-10-4-2-9(3-5-10)11-6-7-15-13(16)12(11)8-14;1-12-10-6-4-9(5-7-10)3-2-8-11/h2-7H,1H3,(H,15,16);2-8H,1H3/b;3-2+. The number of carbonyl (C=O) groups excluding carboxylic acids is 1. The predicted octanol–water partition coefficient (Wildman–Crippen LogP) is 3.83. The summed E-state index contributed by atoms with van der Waals surface area (Å²) in [6.45, 7) is 0. The molecule has 0 aliphatic heterocycles. The predicted molar refractivity (Wildman–Crippen MR) is 112 cm³/mol. The van der Waals surface area contributed by atoms with Crippen molar-refractivity contribution in [1.29, 1.82) is 5.26 Å². The molecule has 3 rings (SSSR count).